The van der Waals surface area contributed by atoms with Crippen LogP contribution in [0.1, 0.15) is 51.4 Å². The number of ether oxygens (including phenoxy) is 2. The molecule has 3 heteroatoms. The topological polar surface area (TPSA) is 35.5 Å². The lowest BCUT2D eigenvalue weighted by Gasteiger charge is -2.44. The van der Waals surface area contributed by atoms with E-state index in [9.17, 15) is 4.79 Å². The lowest BCUT2D eigenvalue weighted by molar-refractivity contribution is -0.235. The molecule has 1 heterocycles. The molecular weight excluding hydrogens is 252 g/mol. The monoisotopic (exact) mass is 278 g/mol. The van der Waals surface area contributed by atoms with Crippen LogP contribution in [0.5, 0.6) is 0 Å². The van der Waals surface area contributed by atoms with Crippen molar-refractivity contribution in [3.05, 3.63) is 25.3 Å². The van der Waals surface area contributed by atoms with Crippen molar-refractivity contribution in [2.45, 2.75) is 57.2 Å². The number of allylic oxidation sites excluding steroid dienone is 2. The molecule has 2 aliphatic rings. The van der Waals surface area contributed by atoms with Gasteiger partial charge in [0.05, 0.1) is 18.6 Å². The molecule has 0 amide bonds. The largest absolute Gasteiger partial charge is 0.346 e. The summed E-state index contributed by atoms with van der Waals surface area (Å²) in [5.74, 6) is -0.461. The molecule has 1 aliphatic heterocycles. The van der Waals surface area contributed by atoms with Crippen molar-refractivity contribution in [3.8, 4) is 0 Å². The highest BCUT2D eigenvalue weighted by Crippen LogP contribution is 2.51. The minimum absolute atomic E-state index is 0.251. The zero-order chi connectivity index (χ0) is 14.5. The van der Waals surface area contributed by atoms with Gasteiger partial charge in [-0.2, -0.15) is 0 Å². The normalized spacial score (nSPS) is 29.0. The van der Waals surface area contributed by atoms with Gasteiger partial charge >= 0.3 is 0 Å². The fraction of sp³-hybridized carbons (Fsp3) is 0.706. The van der Waals surface area contributed by atoms with Gasteiger partial charge in [0.25, 0.3) is 0 Å². The third kappa shape index (κ3) is 2.61. The summed E-state index contributed by atoms with van der Waals surface area (Å²) in [6.07, 6.45) is 10.5. The van der Waals surface area contributed by atoms with Crippen molar-refractivity contribution < 1.29 is 14.3 Å². The summed E-state index contributed by atoms with van der Waals surface area (Å²) in [7, 11) is 0. The van der Waals surface area contributed by atoms with Crippen LogP contribution in [-0.2, 0) is 14.3 Å². The molecule has 112 valence electrons. The molecule has 0 aromatic carbocycles. The smallest absolute Gasteiger partial charge is 0.181 e. The molecule has 1 saturated heterocycles. The zero-order valence-electron chi connectivity index (χ0n) is 12.4. The molecule has 2 rings (SSSR count). The third-order valence-corrected chi connectivity index (χ3v) is 4.69. The van der Waals surface area contributed by atoms with Gasteiger partial charge in [-0.1, -0.05) is 25.0 Å². The molecule has 1 aliphatic carbocycles. The minimum Gasteiger partial charge on any atom is -0.346 e. The maximum atomic E-state index is 12.9. The summed E-state index contributed by atoms with van der Waals surface area (Å²) in [6.45, 7) is 8.77. The van der Waals surface area contributed by atoms with Crippen molar-refractivity contribution in [1.82, 2.24) is 0 Å². The van der Waals surface area contributed by atoms with Gasteiger partial charge < -0.3 is 9.47 Å². The van der Waals surface area contributed by atoms with E-state index in [0.29, 0.717) is 32.5 Å². The quantitative estimate of drug-likeness (QED) is 0.693. The number of hydrogen-bond donors (Lipinski definition) is 0. The van der Waals surface area contributed by atoms with Crippen LogP contribution in [0.4, 0.5) is 0 Å². The Hall–Kier alpha value is -0.930. The molecule has 1 saturated carbocycles. The van der Waals surface area contributed by atoms with Crippen molar-refractivity contribution in [1.29, 1.82) is 0 Å². The lowest BCUT2D eigenvalue weighted by atomic mass is 9.68. The maximum Gasteiger partial charge on any atom is 0.181 e. The standard InChI is InChI=1S/C17H26O3/c1-3-5-9-15(18)16(10-4-2)11-7-6-8-12-17(16)19-13-14-20-17/h3-4H,1-2,5-14H2/t16-/m1/s1. The average Bonchev–Trinajstić information content (AvgIpc) is 2.85. The fourth-order valence-electron chi connectivity index (χ4n) is 3.71. The van der Waals surface area contributed by atoms with Crippen LogP contribution in [-0.4, -0.2) is 24.8 Å². The summed E-state index contributed by atoms with van der Waals surface area (Å²) in [5, 5.41) is 0. The molecule has 20 heavy (non-hydrogen) atoms. The van der Waals surface area contributed by atoms with E-state index in [0.717, 1.165) is 32.1 Å². The van der Waals surface area contributed by atoms with E-state index in [4.69, 9.17) is 9.47 Å². The van der Waals surface area contributed by atoms with Crippen LogP contribution in [0.2, 0.25) is 0 Å². The molecule has 0 unspecified atom stereocenters. The van der Waals surface area contributed by atoms with E-state index >= 15 is 0 Å². The van der Waals surface area contributed by atoms with Gasteiger partial charge in [-0.25, -0.2) is 0 Å². The third-order valence-electron chi connectivity index (χ3n) is 4.69. The van der Waals surface area contributed by atoms with E-state index < -0.39 is 11.2 Å². The second-order valence-corrected chi connectivity index (χ2v) is 5.84. The van der Waals surface area contributed by atoms with Crippen molar-refractivity contribution in [2.75, 3.05) is 13.2 Å². The molecule has 1 atom stereocenters. The number of rotatable bonds is 6. The molecule has 0 N–H and O–H groups in total. The number of ketones is 1. The summed E-state index contributed by atoms with van der Waals surface area (Å²) in [6, 6.07) is 0. The molecule has 0 aromatic heterocycles. The molecule has 0 aromatic rings. The van der Waals surface area contributed by atoms with Crippen LogP contribution < -0.4 is 0 Å². The Morgan fingerprint density at radius 1 is 1.05 bits per heavy atom. The maximum absolute atomic E-state index is 12.9. The van der Waals surface area contributed by atoms with E-state index in [1.54, 1.807) is 6.08 Å². The Labute approximate surface area is 122 Å². The Bertz CT molecular complexity index is 368. The van der Waals surface area contributed by atoms with Crippen LogP contribution in [0, 0.1) is 5.41 Å². The molecule has 3 nitrogen and oxygen atoms in total. The first kappa shape index (κ1) is 15.5. The van der Waals surface area contributed by atoms with Gasteiger partial charge in [0.1, 0.15) is 5.78 Å². The summed E-state index contributed by atoms with van der Waals surface area (Å²) in [4.78, 5) is 12.9. The number of hydrogen-bond acceptors (Lipinski definition) is 3. The van der Waals surface area contributed by atoms with Crippen molar-refractivity contribution in [2.24, 2.45) is 5.41 Å². The van der Waals surface area contributed by atoms with E-state index in [1.807, 2.05) is 6.08 Å². The van der Waals surface area contributed by atoms with Gasteiger partial charge in [-0.15, -0.1) is 13.2 Å². The number of carbonyl (C=O) groups is 1. The van der Waals surface area contributed by atoms with Crippen LogP contribution in [0.3, 0.4) is 0 Å². The van der Waals surface area contributed by atoms with E-state index in [2.05, 4.69) is 13.2 Å². The van der Waals surface area contributed by atoms with Crippen molar-refractivity contribution in [3.63, 3.8) is 0 Å². The van der Waals surface area contributed by atoms with Crippen molar-refractivity contribution >= 4 is 5.78 Å². The average molecular weight is 278 g/mol. The van der Waals surface area contributed by atoms with Crippen LogP contribution >= 0.6 is 0 Å². The first-order valence-electron chi connectivity index (χ1n) is 7.74. The predicted molar refractivity (Wildman–Crippen MR) is 79.4 cm³/mol. The molecule has 0 radical (unpaired) electrons. The van der Waals surface area contributed by atoms with Gasteiger partial charge in [0.2, 0.25) is 0 Å². The molecule has 0 bridgehead atoms. The second kappa shape index (κ2) is 6.68. The van der Waals surface area contributed by atoms with Crippen LogP contribution in [0.25, 0.3) is 0 Å². The second-order valence-electron chi connectivity index (χ2n) is 5.84. The Balaban J connectivity index is 2.35. The number of carbonyl (C=O) groups excluding carboxylic acids is 1. The fourth-order valence-corrected chi connectivity index (χ4v) is 3.71. The molecular formula is C17H26O3. The zero-order valence-corrected chi connectivity index (χ0v) is 12.4. The van der Waals surface area contributed by atoms with Gasteiger partial charge in [-0.05, 0) is 25.7 Å². The minimum atomic E-state index is -0.712. The Kier molecular flexibility index (Phi) is 5.17. The van der Waals surface area contributed by atoms with Gasteiger partial charge in [0.15, 0.2) is 5.79 Å². The summed E-state index contributed by atoms with van der Waals surface area (Å²) < 4.78 is 12.0. The predicted octanol–water partition coefficient (Wildman–Crippen LogP) is 3.79. The van der Waals surface area contributed by atoms with E-state index in [-0.39, 0.29) is 5.78 Å². The Morgan fingerprint density at radius 3 is 2.40 bits per heavy atom. The number of Topliss-reactive ketones (excluding diaryl/α,β-unsaturated/α-hetero) is 1. The molecule has 1 spiro atoms. The summed E-state index contributed by atoms with van der Waals surface area (Å²) in [5.41, 5.74) is -0.551. The highest BCUT2D eigenvalue weighted by atomic mass is 16.7. The Morgan fingerprint density at radius 2 is 1.75 bits per heavy atom. The lowest BCUT2D eigenvalue weighted by Crippen LogP contribution is -2.53. The van der Waals surface area contributed by atoms with Crippen LogP contribution in [0.15, 0.2) is 25.3 Å². The van der Waals surface area contributed by atoms with E-state index in [1.165, 1.54) is 0 Å². The highest BCUT2D eigenvalue weighted by Gasteiger charge is 2.58. The SMILES string of the molecule is C=CCCC(=O)[C@@]1(CC=C)CCCCCC12OCCO2. The van der Waals surface area contributed by atoms with Gasteiger partial charge in [-0.3, -0.25) is 4.79 Å². The van der Waals surface area contributed by atoms with Gasteiger partial charge in [0, 0.05) is 12.8 Å². The molecule has 2 fully saturated rings. The first-order chi connectivity index (χ1) is 9.71. The summed E-state index contributed by atoms with van der Waals surface area (Å²) >= 11 is 0. The first-order valence-corrected chi connectivity index (χ1v) is 7.74. The highest BCUT2D eigenvalue weighted by molar-refractivity contribution is 5.86.